The van der Waals surface area contributed by atoms with Gasteiger partial charge < -0.3 is 15.4 Å². The predicted octanol–water partition coefficient (Wildman–Crippen LogP) is 2.21. The first-order chi connectivity index (χ1) is 8.63. The van der Waals surface area contributed by atoms with Crippen LogP contribution in [0.3, 0.4) is 0 Å². The van der Waals surface area contributed by atoms with Gasteiger partial charge in [-0.1, -0.05) is 6.07 Å². The molecule has 0 spiro atoms. The Morgan fingerprint density at radius 2 is 2.00 bits per heavy atom. The topological polar surface area (TPSA) is 38.5 Å². The van der Waals surface area contributed by atoms with Gasteiger partial charge in [-0.05, 0) is 37.5 Å². The molecule has 0 saturated carbocycles. The summed E-state index contributed by atoms with van der Waals surface area (Å²) < 4.78 is 19.9. The van der Waals surface area contributed by atoms with Crippen molar-refractivity contribution in [2.75, 3.05) is 18.0 Å². The summed E-state index contributed by atoms with van der Waals surface area (Å²) in [5.41, 5.74) is 7.29. The van der Waals surface area contributed by atoms with Gasteiger partial charge in [0.2, 0.25) is 0 Å². The van der Waals surface area contributed by atoms with Crippen molar-refractivity contribution in [3.8, 4) is 0 Å². The SMILES string of the molecule is C[C@H](N)c1ccc(N2CC3CCC(C2)O3)c(F)c1. The molecule has 0 aromatic heterocycles. The van der Waals surface area contributed by atoms with Gasteiger partial charge in [0, 0.05) is 19.1 Å². The highest BCUT2D eigenvalue weighted by atomic mass is 19.1. The van der Waals surface area contributed by atoms with E-state index in [0.29, 0.717) is 5.69 Å². The molecule has 18 heavy (non-hydrogen) atoms. The van der Waals surface area contributed by atoms with E-state index in [9.17, 15) is 4.39 Å². The molecule has 0 amide bonds. The van der Waals surface area contributed by atoms with Crippen LogP contribution >= 0.6 is 0 Å². The third-order valence-corrected chi connectivity index (χ3v) is 3.88. The quantitative estimate of drug-likeness (QED) is 0.874. The molecular weight excluding hydrogens is 231 g/mol. The van der Waals surface area contributed by atoms with Gasteiger partial charge in [-0.2, -0.15) is 0 Å². The minimum absolute atomic E-state index is 0.130. The lowest BCUT2D eigenvalue weighted by atomic mass is 10.1. The van der Waals surface area contributed by atoms with Crippen molar-refractivity contribution in [3.05, 3.63) is 29.6 Å². The van der Waals surface area contributed by atoms with Gasteiger partial charge in [-0.3, -0.25) is 0 Å². The van der Waals surface area contributed by atoms with Crippen LogP contribution < -0.4 is 10.6 Å². The number of nitrogens with two attached hydrogens (primary N) is 1. The van der Waals surface area contributed by atoms with E-state index < -0.39 is 0 Å². The Morgan fingerprint density at radius 3 is 2.56 bits per heavy atom. The second-order valence-electron chi connectivity index (χ2n) is 5.36. The maximum absolute atomic E-state index is 14.1. The molecule has 2 fully saturated rings. The maximum atomic E-state index is 14.1. The first-order valence-corrected chi connectivity index (χ1v) is 6.59. The van der Waals surface area contributed by atoms with E-state index in [1.54, 1.807) is 6.07 Å². The minimum Gasteiger partial charge on any atom is -0.371 e. The Hall–Kier alpha value is -1.13. The van der Waals surface area contributed by atoms with Crippen molar-refractivity contribution < 1.29 is 9.13 Å². The van der Waals surface area contributed by atoms with E-state index >= 15 is 0 Å². The van der Waals surface area contributed by atoms with Crippen LogP contribution in [-0.2, 0) is 4.74 Å². The second kappa shape index (κ2) is 4.52. The lowest BCUT2D eigenvalue weighted by Gasteiger charge is -2.34. The van der Waals surface area contributed by atoms with Crippen LogP contribution in [-0.4, -0.2) is 25.3 Å². The average Bonchev–Trinajstić information content (AvgIpc) is 2.68. The Kier molecular flexibility index (Phi) is 2.99. The first kappa shape index (κ1) is 11.9. The fourth-order valence-electron chi connectivity index (χ4n) is 2.87. The van der Waals surface area contributed by atoms with Crippen LogP contribution in [0.25, 0.3) is 0 Å². The molecule has 4 heteroatoms. The van der Waals surface area contributed by atoms with Gasteiger partial charge in [0.15, 0.2) is 0 Å². The summed E-state index contributed by atoms with van der Waals surface area (Å²) in [5, 5.41) is 0. The fourth-order valence-corrected chi connectivity index (χ4v) is 2.87. The Morgan fingerprint density at radius 1 is 1.33 bits per heavy atom. The molecule has 98 valence electrons. The molecule has 2 aliphatic rings. The molecule has 2 saturated heterocycles. The summed E-state index contributed by atoms with van der Waals surface area (Å²) in [6.07, 6.45) is 2.74. The summed E-state index contributed by atoms with van der Waals surface area (Å²) in [4.78, 5) is 2.10. The molecule has 3 nitrogen and oxygen atoms in total. The number of anilines is 1. The van der Waals surface area contributed by atoms with Gasteiger partial charge in [0.25, 0.3) is 0 Å². The zero-order chi connectivity index (χ0) is 12.7. The van der Waals surface area contributed by atoms with Gasteiger partial charge in [-0.25, -0.2) is 4.39 Å². The molecule has 1 aromatic carbocycles. The second-order valence-corrected chi connectivity index (χ2v) is 5.36. The van der Waals surface area contributed by atoms with E-state index in [1.165, 1.54) is 0 Å². The normalized spacial score (nSPS) is 28.5. The third-order valence-electron chi connectivity index (χ3n) is 3.88. The molecular formula is C14H19FN2O. The maximum Gasteiger partial charge on any atom is 0.146 e. The van der Waals surface area contributed by atoms with Crippen LogP contribution in [0.4, 0.5) is 10.1 Å². The Balaban J connectivity index is 1.84. The Bertz CT molecular complexity index is 437. The number of ether oxygens (including phenoxy) is 1. The number of rotatable bonds is 2. The summed E-state index contributed by atoms with van der Waals surface area (Å²) >= 11 is 0. The Labute approximate surface area is 107 Å². The van der Waals surface area contributed by atoms with Crippen LogP contribution in [0, 0.1) is 5.82 Å². The lowest BCUT2D eigenvalue weighted by molar-refractivity contribution is 0.0303. The largest absolute Gasteiger partial charge is 0.371 e. The highest BCUT2D eigenvalue weighted by Crippen LogP contribution is 2.31. The van der Waals surface area contributed by atoms with Gasteiger partial charge in [-0.15, -0.1) is 0 Å². The van der Waals surface area contributed by atoms with Crippen molar-refractivity contribution in [1.29, 1.82) is 0 Å². The lowest BCUT2D eigenvalue weighted by Crippen LogP contribution is -2.43. The number of hydrogen-bond acceptors (Lipinski definition) is 3. The van der Waals surface area contributed by atoms with Crippen LogP contribution in [0.2, 0.25) is 0 Å². The molecule has 2 bridgehead atoms. The standard InChI is InChI=1S/C14H19FN2O/c1-9(16)10-2-5-14(13(15)6-10)17-7-11-3-4-12(8-17)18-11/h2,5-6,9,11-12H,3-4,7-8,16H2,1H3/t9-,11?,12?/m0/s1. The monoisotopic (exact) mass is 250 g/mol. The van der Waals surface area contributed by atoms with Crippen LogP contribution in [0.15, 0.2) is 18.2 Å². The molecule has 0 radical (unpaired) electrons. The van der Waals surface area contributed by atoms with Crippen molar-refractivity contribution in [2.45, 2.75) is 38.0 Å². The number of fused-ring (bicyclic) bond motifs is 2. The van der Waals surface area contributed by atoms with Gasteiger partial charge >= 0.3 is 0 Å². The van der Waals surface area contributed by atoms with Gasteiger partial charge in [0.05, 0.1) is 17.9 Å². The summed E-state index contributed by atoms with van der Waals surface area (Å²) in [5.74, 6) is -0.175. The zero-order valence-corrected chi connectivity index (χ0v) is 10.6. The number of nitrogens with zero attached hydrogens (tertiary/aromatic N) is 1. The summed E-state index contributed by atoms with van der Waals surface area (Å²) in [6.45, 7) is 3.46. The van der Waals surface area contributed by atoms with Crippen molar-refractivity contribution in [3.63, 3.8) is 0 Å². The molecule has 2 unspecified atom stereocenters. The van der Waals surface area contributed by atoms with Crippen molar-refractivity contribution in [1.82, 2.24) is 0 Å². The summed E-state index contributed by atoms with van der Waals surface area (Å²) in [7, 11) is 0. The minimum atomic E-state index is -0.175. The van der Waals surface area contributed by atoms with E-state index in [1.807, 2.05) is 19.1 Å². The predicted molar refractivity (Wildman–Crippen MR) is 69.1 cm³/mol. The molecule has 0 aliphatic carbocycles. The molecule has 2 aliphatic heterocycles. The number of morpholine rings is 1. The van der Waals surface area contributed by atoms with Crippen LogP contribution in [0.5, 0.6) is 0 Å². The van der Waals surface area contributed by atoms with Gasteiger partial charge in [0.1, 0.15) is 5.82 Å². The highest BCUT2D eigenvalue weighted by Gasteiger charge is 2.34. The van der Waals surface area contributed by atoms with E-state index in [0.717, 1.165) is 31.5 Å². The number of halogens is 1. The smallest absolute Gasteiger partial charge is 0.146 e. The summed E-state index contributed by atoms with van der Waals surface area (Å²) in [6, 6.07) is 5.19. The number of benzene rings is 1. The molecule has 1 aromatic rings. The first-order valence-electron chi connectivity index (χ1n) is 6.59. The van der Waals surface area contributed by atoms with E-state index in [-0.39, 0.29) is 24.1 Å². The zero-order valence-electron chi connectivity index (χ0n) is 10.6. The number of hydrogen-bond donors (Lipinski definition) is 1. The molecule has 3 rings (SSSR count). The van der Waals surface area contributed by atoms with Crippen molar-refractivity contribution in [2.24, 2.45) is 5.73 Å². The van der Waals surface area contributed by atoms with Crippen LogP contribution in [0.1, 0.15) is 31.4 Å². The molecule has 3 atom stereocenters. The highest BCUT2D eigenvalue weighted by molar-refractivity contribution is 5.50. The molecule has 2 heterocycles. The fraction of sp³-hybridized carbons (Fsp3) is 0.571. The average molecular weight is 250 g/mol. The third kappa shape index (κ3) is 2.10. The van der Waals surface area contributed by atoms with E-state index in [2.05, 4.69) is 4.90 Å². The van der Waals surface area contributed by atoms with E-state index in [4.69, 9.17) is 10.5 Å². The van der Waals surface area contributed by atoms with Crippen molar-refractivity contribution >= 4 is 5.69 Å². The molecule has 2 N–H and O–H groups in total.